The number of amides is 1. The van der Waals surface area contributed by atoms with Gasteiger partial charge < -0.3 is 14.8 Å². The van der Waals surface area contributed by atoms with Crippen molar-refractivity contribution >= 4 is 12.2 Å². The van der Waals surface area contributed by atoms with Crippen molar-refractivity contribution in [1.29, 1.82) is 0 Å². The Morgan fingerprint density at radius 2 is 2.10 bits per heavy atom. The van der Waals surface area contributed by atoms with Crippen molar-refractivity contribution in [2.45, 2.75) is 32.8 Å². The van der Waals surface area contributed by atoms with E-state index in [-0.39, 0.29) is 0 Å². The summed E-state index contributed by atoms with van der Waals surface area (Å²) < 4.78 is 10.0. The number of hydrogen-bond donors (Lipinski definition) is 1. The van der Waals surface area contributed by atoms with Crippen LogP contribution >= 0.6 is 0 Å². The molecule has 0 aromatic carbocycles. The zero-order chi connectivity index (χ0) is 15.0. The molecule has 1 heterocycles. The molecule has 110 valence electrons. The smallest absolute Gasteiger partial charge is 0.407 e. The van der Waals surface area contributed by atoms with Crippen molar-refractivity contribution in [3.8, 4) is 5.88 Å². The van der Waals surface area contributed by atoms with E-state index in [2.05, 4.69) is 15.5 Å². The maximum absolute atomic E-state index is 11.4. The summed E-state index contributed by atoms with van der Waals surface area (Å²) in [4.78, 5) is 11.4. The summed E-state index contributed by atoms with van der Waals surface area (Å²) in [5.41, 5.74) is 0.265. The molecule has 1 aromatic heterocycles. The summed E-state index contributed by atoms with van der Waals surface area (Å²) in [6.45, 7) is 5.99. The molecule has 6 nitrogen and oxygen atoms in total. The number of hydrogen-bond acceptors (Lipinski definition) is 5. The SMILES string of the molecule is COc1ccc(C=CCCNC(=O)OC(C)(C)C)nn1. The molecule has 1 rings (SSSR count). The quantitative estimate of drug-likeness (QED) is 0.838. The topological polar surface area (TPSA) is 73.3 Å². The minimum Gasteiger partial charge on any atom is -0.480 e. The van der Waals surface area contributed by atoms with Gasteiger partial charge in [0, 0.05) is 12.6 Å². The van der Waals surface area contributed by atoms with E-state index in [9.17, 15) is 4.79 Å². The normalized spacial score (nSPS) is 11.4. The monoisotopic (exact) mass is 279 g/mol. The summed E-state index contributed by atoms with van der Waals surface area (Å²) in [5.74, 6) is 0.480. The molecule has 1 N–H and O–H groups in total. The van der Waals surface area contributed by atoms with Gasteiger partial charge in [0.1, 0.15) is 5.60 Å². The summed E-state index contributed by atoms with van der Waals surface area (Å²) in [7, 11) is 1.54. The summed E-state index contributed by atoms with van der Waals surface area (Å²) in [6.07, 6.45) is 4.03. The fourth-order valence-corrected chi connectivity index (χ4v) is 1.30. The molecule has 0 aliphatic rings. The van der Waals surface area contributed by atoms with Crippen LogP contribution in [-0.2, 0) is 4.74 Å². The molecular weight excluding hydrogens is 258 g/mol. The summed E-state index contributed by atoms with van der Waals surface area (Å²) >= 11 is 0. The van der Waals surface area contributed by atoms with Gasteiger partial charge in [0.25, 0.3) is 0 Å². The predicted molar refractivity (Wildman–Crippen MR) is 76.5 cm³/mol. The number of nitrogens with one attached hydrogen (secondary N) is 1. The lowest BCUT2D eigenvalue weighted by Gasteiger charge is -2.19. The van der Waals surface area contributed by atoms with E-state index in [0.717, 1.165) is 5.69 Å². The van der Waals surface area contributed by atoms with Crippen LogP contribution in [-0.4, -0.2) is 35.5 Å². The average Bonchev–Trinajstić information content (AvgIpc) is 2.37. The molecule has 0 aliphatic heterocycles. The minimum atomic E-state index is -0.474. The van der Waals surface area contributed by atoms with Gasteiger partial charge in [-0.3, -0.25) is 0 Å². The number of carbonyl (C=O) groups excluding carboxylic acids is 1. The van der Waals surface area contributed by atoms with Gasteiger partial charge in [-0.2, -0.15) is 0 Å². The number of aromatic nitrogens is 2. The molecule has 0 radical (unpaired) electrons. The lowest BCUT2D eigenvalue weighted by molar-refractivity contribution is 0.0529. The third-order valence-electron chi connectivity index (χ3n) is 2.14. The van der Waals surface area contributed by atoms with E-state index >= 15 is 0 Å². The molecule has 0 saturated carbocycles. The van der Waals surface area contributed by atoms with Crippen LogP contribution in [0.5, 0.6) is 5.88 Å². The number of alkyl carbamates (subject to hydrolysis) is 1. The summed E-state index contributed by atoms with van der Waals surface area (Å²) in [5, 5.41) is 10.5. The lowest BCUT2D eigenvalue weighted by Crippen LogP contribution is -2.32. The average molecular weight is 279 g/mol. The maximum Gasteiger partial charge on any atom is 0.407 e. The molecule has 0 bridgehead atoms. The molecule has 0 saturated heterocycles. The highest BCUT2D eigenvalue weighted by Crippen LogP contribution is 2.07. The van der Waals surface area contributed by atoms with Gasteiger partial charge in [-0.15, -0.1) is 10.2 Å². The molecule has 0 aliphatic carbocycles. The molecule has 6 heteroatoms. The Morgan fingerprint density at radius 3 is 2.65 bits per heavy atom. The number of methoxy groups -OCH3 is 1. The zero-order valence-electron chi connectivity index (χ0n) is 12.3. The molecule has 0 atom stereocenters. The van der Waals surface area contributed by atoms with E-state index < -0.39 is 11.7 Å². The van der Waals surface area contributed by atoms with Crippen molar-refractivity contribution in [3.63, 3.8) is 0 Å². The van der Waals surface area contributed by atoms with Crippen molar-refractivity contribution in [2.24, 2.45) is 0 Å². The van der Waals surface area contributed by atoms with Crippen molar-refractivity contribution in [2.75, 3.05) is 13.7 Å². The Bertz CT molecular complexity index is 450. The van der Waals surface area contributed by atoms with Gasteiger partial charge in [-0.1, -0.05) is 6.08 Å². The van der Waals surface area contributed by atoms with Crippen molar-refractivity contribution in [3.05, 3.63) is 23.9 Å². The van der Waals surface area contributed by atoms with Crippen molar-refractivity contribution in [1.82, 2.24) is 15.5 Å². The first kappa shape index (κ1) is 15.9. The first-order valence-corrected chi connectivity index (χ1v) is 6.42. The predicted octanol–water partition coefficient (Wildman–Crippen LogP) is 2.41. The maximum atomic E-state index is 11.4. The van der Waals surface area contributed by atoms with Crippen LogP contribution in [0, 0.1) is 0 Å². The highest BCUT2D eigenvalue weighted by atomic mass is 16.6. The third-order valence-corrected chi connectivity index (χ3v) is 2.14. The van der Waals surface area contributed by atoms with Crippen LogP contribution in [0.25, 0.3) is 6.08 Å². The Hall–Kier alpha value is -2.11. The van der Waals surface area contributed by atoms with Crippen LogP contribution in [0.2, 0.25) is 0 Å². The van der Waals surface area contributed by atoms with E-state index in [4.69, 9.17) is 9.47 Å². The van der Waals surface area contributed by atoms with E-state index in [1.54, 1.807) is 13.2 Å². The minimum absolute atomic E-state index is 0.407. The number of ether oxygens (including phenoxy) is 2. The fraction of sp³-hybridized carbons (Fsp3) is 0.500. The van der Waals surface area contributed by atoms with Crippen LogP contribution < -0.4 is 10.1 Å². The third kappa shape index (κ3) is 6.72. The zero-order valence-corrected chi connectivity index (χ0v) is 12.3. The second-order valence-corrected chi connectivity index (χ2v) is 5.12. The van der Waals surface area contributed by atoms with Gasteiger partial charge in [-0.25, -0.2) is 4.79 Å². The van der Waals surface area contributed by atoms with Crippen LogP contribution in [0.1, 0.15) is 32.9 Å². The largest absolute Gasteiger partial charge is 0.480 e. The fourth-order valence-electron chi connectivity index (χ4n) is 1.30. The Kier molecular flexibility index (Phi) is 5.96. The van der Waals surface area contributed by atoms with E-state index in [1.807, 2.05) is 39.0 Å². The van der Waals surface area contributed by atoms with Crippen LogP contribution in [0.15, 0.2) is 18.2 Å². The highest BCUT2D eigenvalue weighted by Gasteiger charge is 2.15. The van der Waals surface area contributed by atoms with E-state index in [1.165, 1.54) is 0 Å². The highest BCUT2D eigenvalue weighted by molar-refractivity contribution is 5.67. The Morgan fingerprint density at radius 1 is 1.35 bits per heavy atom. The first-order valence-electron chi connectivity index (χ1n) is 6.42. The second kappa shape index (κ2) is 7.47. The molecule has 1 amide bonds. The number of carbonyl (C=O) groups is 1. The standard InChI is InChI=1S/C14H21N3O3/c1-14(2,3)20-13(18)15-10-6-5-7-11-8-9-12(19-4)17-16-11/h5,7-9H,6,10H2,1-4H3,(H,15,18). The van der Waals surface area contributed by atoms with Gasteiger partial charge in [-0.05, 0) is 39.3 Å². The Balaban J connectivity index is 2.26. The van der Waals surface area contributed by atoms with Crippen LogP contribution in [0.4, 0.5) is 4.79 Å². The first-order chi connectivity index (χ1) is 9.40. The second-order valence-electron chi connectivity index (χ2n) is 5.12. The van der Waals surface area contributed by atoms with Gasteiger partial charge >= 0.3 is 6.09 Å². The van der Waals surface area contributed by atoms with Gasteiger partial charge in [0.05, 0.1) is 12.8 Å². The van der Waals surface area contributed by atoms with Gasteiger partial charge in [0.2, 0.25) is 5.88 Å². The summed E-state index contributed by atoms with van der Waals surface area (Å²) in [6, 6.07) is 3.55. The molecule has 0 fully saturated rings. The Labute approximate surface area is 119 Å². The number of rotatable bonds is 5. The molecule has 0 spiro atoms. The molecule has 1 aromatic rings. The van der Waals surface area contributed by atoms with Gasteiger partial charge in [0.15, 0.2) is 0 Å². The molecular formula is C14H21N3O3. The van der Waals surface area contributed by atoms with Crippen molar-refractivity contribution < 1.29 is 14.3 Å². The lowest BCUT2D eigenvalue weighted by atomic mass is 10.2. The number of nitrogens with zero attached hydrogens (tertiary/aromatic N) is 2. The van der Waals surface area contributed by atoms with E-state index in [0.29, 0.717) is 18.8 Å². The molecule has 20 heavy (non-hydrogen) atoms. The van der Waals surface area contributed by atoms with Crippen LogP contribution in [0.3, 0.4) is 0 Å². The molecule has 0 unspecified atom stereocenters.